The van der Waals surface area contributed by atoms with Gasteiger partial charge in [-0.3, -0.25) is 0 Å². The minimum Gasteiger partial charge on any atom is -0.398 e. The van der Waals surface area contributed by atoms with Crippen LogP contribution in [0.4, 0.5) is 0 Å². The second kappa shape index (κ2) is 26.4. The third-order valence-electron chi connectivity index (χ3n) is 9.22. The summed E-state index contributed by atoms with van der Waals surface area (Å²) in [6, 6.07) is 39.8. The molecule has 0 fully saturated rings. The number of nitrogens with two attached hydrogens (primary N) is 1. The van der Waals surface area contributed by atoms with E-state index < -0.39 is 0 Å². The number of benzene rings is 6. The zero-order valence-electron chi connectivity index (χ0n) is 37.2. The summed E-state index contributed by atoms with van der Waals surface area (Å²) in [6.07, 6.45) is 20.3. The first-order valence-electron chi connectivity index (χ1n) is 20.5. The van der Waals surface area contributed by atoms with Gasteiger partial charge in [-0.1, -0.05) is 177 Å². The third-order valence-corrected chi connectivity index (χ3v) is 9.22. The molecular formula is C57H66N2. The molecular weight excluding hydrogens is 713 g/mol. The topological polar surface area (TPSA) is 49.9 Å². The third kappa shape index (κ3) is 14.1. The average molecular weight is 779 g/mol. The van der Waals surface area contributed by atoms with Crippen molar-refractivity contribution in [2.75, 3.05) is 0 Å². The molecule has 0 aliphatic heterocycles. The van der Waals surface area contributed by atoms with Crippen LogP contribution in [0.5, 0.6) is 0 Å². The van der Waals surface area contributed by atoms with Crippen molar-refractivity contribution in [2.45, 2.75) is 69.2 Å². The lowest BCUT2D eigenvalue weighted by molar-refractivity contribution is 1.36. The van der Waals surface area contributed by atoms with E-state index in [-0.39, 0.29) is 0 Å². The Morgan fingerprint density at radius 3 is 1.54 bits per heavy atom. The van der Waals surface area contributed by atoms with Crippen LogP contribution >= 0.6 is 0 Å². The highest BCUT2D eigenvalue weighted by atomic mass is 14.6. The van der Waals surface area contributed by atoms with Crippen LogP contribution < -0.4 is 5.73 Å². The smallest absolute Gasteiger partial charge is 0.0388 e. The molecule has 59 heavy (non-hydrogen) atoms. The van der Waals surface area contributed by atoms with Gasteiger partial charge in [-0.05, 0) is 151 Å². The minimum absolute atomic E-state index is 0.574. The number of hydrogen-bond acceptors (Lipinski definition) is 2. The van der Waals surface area contributed by atoms with Crippen molar-refractivity contribution in [1.82, 2.24) is 0 Å². The predicted molar refractivity (Wildman–Crippen MR) is 270 cm³/mol. The molecule has 0 bridgehead atoms. The van der Waals surface area contributed by atoms with Crippen LogP contribution in [-0.4, -0.2) is 6.21 Å². The van der Waals surface area contributed by atoms with Crippen LogP contribution in [0.25, 0.3) is 60.1 Å². The number of rotatable bonds is 8. The Bertz CT molecular complexity index is 2420. The van der Waals surface area contributed by atoms with Crippen molar-refractivity contribution in [2.24, 2.45) is 5.73 Å². The number of nitrogens with one attached hydrogen (secondary N) is 1. The molecule has 304 valence electrons. The highest BCUT2D eigenvalue weighted by molar-refractivity contribution is 6.21. The molecule has 0 radical (unpaired) electrons. The molecule has 0 heterocycles. The average Bonchev–Trinajstić information content (AvgIpc) is 3.26. The van der Waals surface area contributed by atoms with Gasteiger partial charge >= 0.3 is 0 Å². The quantitative estimate of drug-likeness (QED) is 0.0687. The van der Waals surface area contributed by atoms with Crippen LogP contribution in [0.1, 0.15) is 73.4 Å². The Labute approximate surface area is 356 Å². The van der Waals surface area contributed by atoms with Crippen LogP contribution in [0.15, 0.2) is 200 Å². The van der Waals surface area contributed by atoms with Crippen molar-refractivity contribution in [3.63, 3.8) is 0 Å². The van der Waals surface area contributed by atoms with E-state index >= 15 is 0 Å². The lowest BCUT2D eigenvalue weighted by Gasteiger charge is -2.18. The summed E-state index contributed by atoms with van der Waals surface area (Å²) in [5.41, 5.74) is 17.3. The van der Waals surface area contributed by atoms with Crippen molar-refractivity contribution < 1.29 is 0 Å². The van der Waals surface area contributed by atoms with E-state index in [1.807, 2.05) is 78.0 Å². The molecule has 0 amide bonds. The molecule has 0 aliphatic rings. The molecule has 0 saturated carbocycles. The highest BCUT2D eigenvalue weighted by Crippen LogP contribution is 2.44. The molecule has 2 nitrogen and oxygen atoms in total. The fourth-order valence-electron chi connectivity index (χ4n) is 6.19. The normalized spacial score (nSPS) is 11.3. The molecule has 0 unspecified atom stereocenters. The Morgan fingerprint density at radius 2 is 1.08 bits per heavy atom. The monoisotopic (exact) mass is 779 g/mol. The van der Waals surface area contributed by atoms with Gasteiger partial charge in [0.25, 0.3) is 0 Å². The Morgan fingerprint density at radius 1 is 0.593 bits per heavy atom. The SMILES string of the molecule is C/C=C\C=C/C.C=CC.C=CC(=C\C=N)/C(N)=C/C=C(\C)c1cccc(-c2c3ccccc3c(-c3ccc4ccc(C)cc4c3)c3ccccc23)c1.CC.CC=C(C)C. The minimum atomic E-state index is 0.574. The maximum atomic E-state index is 7.36. The molecule has 0 aliphatic carbocycles. The zero-order chi connectivity index (χ0) is 43.7. The summed E-state index contributed by atoms with van der Waals surface area (Å²) < 4.78 is 0. The lowest BCUT2D eigenvalue weighted by Crippen LogP contribution is -1.99. The standard InChI is InChI=1S/C41H34N2.C6H10.C5H10.C3H6.C2H6/c1-4-29(22-23-42)39(43)21-17-28(3)31-10-9-11-32(25-31)40-35-12-5-7-14-37(35)41(38-15-8-6-13-36(38)40)33-20-19-30-18-16-27(2)24-34(30)26-33;1-3-5-6-4-2;1-4-5(2)3;1-3-2;1-2/h4-26,42H,1,43H2,2-3H3;3-6H,1-2H3;4H,1-3H3;3H,1H2,2H3;1-2H3/b28-17+,29-22+,39-21-,42-23?;5-3-,6-4-;;;. The van der Waals surface area contributed by atoms with E-state index in [2.05, 4.69) is 156 Å². The lowest BCUT2D eigenvalue weighted by atomic mass is 9.85. The number of hydrogen-bond donors (Lipinski definition) is 2. The van der Waals surface area contributed by atoms with Crippen molar-refractivity contribution in [3.05, 3.63) is 211 Å². The van der Waals surface area contributed by atoms with Crippen LogP contribution in [-0.2, 0) is 0 Å². The molecule has 6 aromatic rings. The van der Waals surface area contributed by atoms with Gasteiger partial charge in [0.15, 0.2) is 0 Å². The molecule has 0 atom stereocenters. The van der Waals surface area contributed by atoms with Gasteiger partial charge in [-0.15, -0.1) is 6.58 Å². The summed E-state index contributed by atoms with van der Waals surface area (Å²) in [4.78, 5) is 0. The van der Waals surface area contributed by atoms with Gasteiger partial charge in [0, 0.05) is 11.9 Å². The summed E-state index contributed by atoms with van der Waals surface area (Å²) in [6.45, 7) is 27.5. The number of allylic oxidation sites excluding steroid dienone is 12. The van der Waals surface area contributed by atoms with E-state index in [0.717, 1.165) is 16.7 Å². The first-order valence-corrected chi connectivity index (χ1v) is 20.5. The van der Waals surface area contributed by atoms with Crippen LogP contribution in [0.3, 0.4) is 0 Å². The molecule has 6 aromatic carbocycles. The second-order valence-electron chi connectivity index (χ2n) is 13.8. The summed E-state index contributed by atoms with van der Waals surface area (Å²) in [5.74, 6) is 0. The van der Waals surface area contributed by atoms with Crippen molar-refractivity contribution in [3.8, 4) is 22.3 Å². The summed E-state index contributed by atoms with van der Waals surface area (Å²) >= 11 is 0. The van der Waals surface area contributed by atoms with Crippen molar-refractivity contribution >= 4 is 44.1 Å². The fourth-order valence-corrected chi connectivity index (χ4v) is 6.19. The highest BCUT2D eigenvalue weighted by Gasteiger charge is 2.17. The van der Waals surface area contributed by atoms with E-state index in [1.165, 1.54) is 71.9 Å². The van der Waals surface area contributed by atoms with E-state index in [1.54, 1.807) is 18.2 Å². The predicted octanol–water partition coefficient (Wildman–Crippen LogP) is 17.1. The van der Waals surface area contributed by atoms with Gasteiger partial charge in [-0.25, -0.2) is 0 Å². The zero-order valence-corrected chi connectivity index (χ0v) is 37.2. The molecule has 0 saturated heterocycles. The van der Waals surface area contributed by atoms with Gasteiger partial charge in [0.2, 0.25) is 0 Å². The van der Waals surface area contributed by atoms with E-state index in [0.29, 0.717) is 5.70 Å². The van der Waals surface area contributed by atoms with Gasteiger partial charge in [0.05, 0.1) is 0 Å². The van der Waals surface area contributed by atoms with Crippen LogP contribution in [0, 0.1) is 12.3 Å². The van der Waals surface area contributed by atoms with E-state index in [4.69, 9.17) is 11.1 Å². The molecule has 3 N–H and O–H groups in total. The summed E-state index contributed by atoms with van der Waals surface area (Å²) in [7, 11) is 0. The van der Waals surface area contributed by atoms with E-state index in [9.17, 15) is 0 Å². The first kappa shape index (κ1) is 48.6. The van der Waals surface area contributed by atoms with Crippen LogP contribution in [0.2, 0.25) is 0 Å². The summed E-state index contributed by atoms with van der Waals surface area (Å²) in [5, 5.41) is 14.8. The Hall–Kier alpha value is -6.51. The Kier molecular flexibility index (Phi) is 21.8. The second-order valence-corrected chi connectivity index (χ2v) is 13.8. The Balaban J connectivity index is 0.000000644. The fraction of sp³-hybridized carbons (Fsp3) is 0.175. The molecule has 0 spiro atoms. The first-order chi connectivity index (χ1) is 28.6. The maximum absolute atomic E-state index is 7.36. The van der Waals surface area contributed by atoms with Gasteiger partial charge in [0.1, 0.15) is 0 Å². The number of aryl methyl sites for hydroxylation is 1. The maximum Gasteiger partial charge on any atom is 0.0388 e. The molecule has 6 rings (SSSR count). The van der Waals surface area contributed by atoms with Gasteiger partial charge in [-0.2, -0.15) is 0 Å². The largest absolute Gasteiger partial charge is 0.398 e. The number of fused-ring (bicyclic) bond motifs is 3. The van der Waals surface area contributed by atoms with Gasteiger partial charge < -0.3 is 11.1 Å². The van der Waals surface area contributed by atoms with Crippen molar-refractivity contribution in [1.29, 1.82) is 5.41 Å². The molecule has 0 aromatic heterocycles. The molecule has 2 heteroatoms.